The molecule has 51 heavy (non-hydrogen) atoms. The number of nitrogens with one attached hydrogen (secondary N) is 1. The first kappa shape index (κ1) is 34.8. The van der Waals surface area contributed by atoms with Gasteiger partial charge in [0.15, 0.2) is 10.6 Å². The molecule has 2 aliphatic rings. The minimum atomic E-state index is -0.980. The van der Waals surface area contributed by atoms with Gasteiger partial charge in [-0.2, -0.15) is 0 Å². The number of thioether (sulfide) groups is 1. The van der Waals surface area contributed by atoms with Gasteiger partial charge in [-0.05, 0) is 34.4 Å². The zero-order chi connectivity index (χ0) is 35.3. The van der Waals surface area contributed by atoms with Crippen LogP contribution in [0.5, 0.6) is 0 Å². The minimum Gasteiger partial charge on any atom is -0.445 e. The number of aromatic nitrogens is 1. The molecule has 4 aromatic carbocycles. The molecule has 3 heterocycles. The Kier molecular flexibility index (Phi) is 10.8. The molecule has 0 radical (unpaired) electrons. The lowest BCUT2D eigenvalue weighted by atomic mass is 9.91. The molecule has 0 spiro atoms. The predicted octanol–water partition coefficient (Wildman–Crippen LogP) is 6.93. The molecule has 0 saturated carbocycles. The van der Waals surface area contributed by atoms with Crippen LogP contribution in [-0.4, -0.2) is 50.8 Å². The number of fused-ring (bicyclic) bond motifs is 1. The van der Waals surface area contributed by atoms with Crippen LogP contribution < -0.4 is 5.32 Å². The molecule has 5 aromatic rings. The van der Waals surface area contributed by atoms with Gasteiger partial charge in [0, 0.05) is 17.2 Å². The second-order valence-corrected chi connectivity index (χ2v) is 14.9. The number of ether oxygens (including phenoxy) is 3. The minimum absolute atomic E-state index is 0.0201. The number of nitrogens with zero attached hydrogens (tertiary/aromatic N) is 2. The molecule has 10 nitrogen and oxygen atoms in total. The second kappa shape index (κ2) is 15.7. The molecule has 2 N–H and O–H groups in total. The molecule has 1 aromatic heterocycles. The van der Waals surface area contributed by atoms with Crippen LogP contribution in [0.25, 0.3) is 10.2 Å². The van der Waals surface area contributed by atoms with Gasteiger partial charge in [0.25, 0.3) is 5.91 Å². The van der Waals surface area contributed by atoms with Gasteiger partial charge in [-0.15, -0.1) is 11.3 Å². The van der Waals surface area contributed by atoms with E-state index in [1.54, 1.807) is 23.1 Å². The number of amides is 3. The zero-order valence-electron chi connectivity index (χ0n) is 27.8. The van der Waals surface area contributed by atoms with Gasteiger partial charge in [-0.1, -0.05) is 110 Å². The molecule has 5 atom stereocenters. The molecule has 7 rings (SSSR count). The molecule has 5 unspecified atom stereocenters. The first-order valence-electron chi connectivity index (χ1n) is 16.7. The summed E-state index contributed by atoms with van der Waals surface area (Å²) in [6, 6.07) is 31.6. The second-order valence-electron chi connectivity index (χ2n) is 12.6. The molecular formula is C39H37N3O7S2. The normalized spacial score (nSPS) is 22.0. The van der Waals surface area contributed by atoms with Crippen molar-refractivity contribution in [3.05, 3.63) is 131 Å². The van der Waals surface area contributed by atoms with E-state index in [-0.39, 0.29) is 50.2 Å². The molecule has 2 aliphatic heterocycles. The van der Waals surface area contributed by atoms with E-state index in [1.165, 1.54) is 0 Å². The van der Waals surface area contributed by atoms with Gasteiger partial charge in [0.2, 0.25) is 5.91 Å². The van der Waals surface area contributed by atoms with Gasteiger partial charge in [0.05, 0.1) is 42.0 Å². The van der Waals surface area contributed by atoms with Crippen molar-refractivity contribution in [1.29, 1.82) is 0 Å². The number of benzene rings is 4. The Morgan fingerprint density at radius 2 is 1.63 bits per heavy atom. The molecule has 262 valence electrons. The molecule has 0 bridgehead atoms. The Hall–Kier alpha value is -4.59. The maximum Gasteiger partial charge on any atom is 0.408 e. The molecule has 12 heteroatoms. The number of carbonyl (C=O) groups excluding carboxylic acids is 3. The first-order chi connectivity index (χ1) is 24.8. The Morgan fingerprint density at radius 1 is 0.922 bits per heavy atom. The Bertz CT molecular complexity index is 1950. The third-order valence-corrected chi connectivity index (χ3v) is 11.4. The topological polar surface area (TPSA) is 127 Å². The van der Waals surface area contributed by atoms with E-state index in [1.807, 2.05) is 97.1 Å². The maximum absolute atomic E-state index is 13.1. The summed E-state index contributed by atoms with van der Waals surface area (Å²) >= 11 is 3.34. The van der Waals surface area contributed by atoms with Crippen molar-refractivity contribution < 1.29 is 33.7 Å². The number of hydrogen-bond acceptors (Lipinski definition) is 10. The van der Waals surface area contributed by atoms with Crippen molar-refractivity contribution in [3.8, 4) is 0 Å². The van der Waals surface area contributed by atoms with Crippen molar-refractivity contribution in [3.63, 3.8) is 0 Å². The van der Waals surface area contributed by atoms with Crippen LogP contribution in [0.15, 0.2) is 107 Å². The Morgan fingerprint density at radius 3 is 2.37 bits per heavy atom. The number of imide groups is 1. The summed E-state index contributed by atoms with van der Waals surface area (Å²) in [6.45, 7) is 2.22. The number of rotatable bonds is 11. The molecule has 0 aliphatic carbocycles. The fourth-order valence-corrected chi connectivity index (χ4v) is 8.47. The third kappa shape index (κ3) is 8.16. The van der Waals surface area contributed by atoms with Crippen LogP contribution in [0.2, 0.25) is 0 Å². The largest absolute Gasteiger partial charge is 0.445 e. The number of aliphatic hydroxyl groups excluding tert-OH is 1. The number of carbonyl (C=O) groups is 3. The van der Waals surface area contributed by atoms with E-state index >= 15 is 0 Å². The van der Waals surface area contributed by atoms with Crippen molar-refractivity contribution in [2.45, 2.75) is 62.0 Å². The van der Waals surface area contributed by atoms with Crippen LogP contribution >= 0.6 is 23.1 Å². The summed E-state index contributed by atoms with van der Waals surface area (Å²) in [7, 11) is 0. The maximum atomic E-state index is 13.1. The predicted molar refractivity (Wildman–Crippen MR) is 193 cm³/mol. The van der Waals surface area contributed by atoms with E-state index < -0.39 is 24.3 Å². The number of likely N-dealkylation sites (tertiary alicyclic amines) is 1. The summed E-state index contributed by atoms with van der Waals surface area (Å²) in [4.78, 5) is 44.2. The van der Waals surface area contributed by atoms with Gasteiger partial charge < -0.3 is 24.6 Å². The Labute approximate surface area is 303 Å². The number of thiazole rings is 1. The molecule has 2 saturated heterocycles. The van der Waals surface area contributed by atoms with Gasteiger partial charge in [-0.25, -0.2) is 9.78 Å². The lowest BCUT2D eigenvalue weighted by molar-refractivity contribution is -0.268. The summed E-state index contributed by atoms with van der Waals surface area (Å²) in [5.74, 6) is -0.143. The number of aliphatic hydroxyl groups is 1. The van der Waals surface area contributed by atoms with E-state index in [4.69, 9.17) is 19.2 Å². The number of alkyl carbamates (subject to hydrolysis) is 1. The summed E-state index contributed by atoms with van der Waals surface area (Å²) < 4.78 is 20.6. The van der Waals surface area contributed by atoms with Crippen LogP contribution in [0.1, 0.15) is 53.6 Å². The summed E-state index contributed by atoms with van der Waals surface area (Å²) in [5, 5.41) is 12.1. The third-order valence-electron chi connectivity index (χ3n) is 9.11. The van der Waals surface area contributed by atoms with Crippen molar-refractivity contribution >= 4 is 51.2 Å². The standard InChI is InChI=1S/C39H37N3O7S2/c1-24-32(23-50-39-41-30-9-5-6-10-33(30)51-39)48-37(49-35(24)28-15-13-26(21-43)14-16-28)29-17-11-25(12-18-29)20-42-34(44)19-31(36(42)45)40-38(46)47-22-27-7-3-2-4-8-27/h2-18,24,31-32,35,37,43H,19-23H2,1H3,(H,40,46). The van der Waals surface area contributed by atoms with E-state index in [2.05, 4.69) is 18.3 Å². The van der Waals surface area contributed by atoms with Crippen molar-refractivity contribution in [2.24, 2.45) is 5.92 Å². The summed E-state index contributed by atoms with van der Waals surface area (Å²) in [5.41, 5.74) is 5.17. The highest BCUT2D eigenvalue weighted by molar-refractivity contribution is 8.01. The molecular weight excluding hydrogens is 687 g/mol. The lowest BCUT2D eigenvalue weighted by Gasteiger charge is -2.41. The first-order valence-corrected chi connectivity index (χ1v) is 18.5. The zero-order valence-corrected chi connectivity index (χ0v) is 29.5. The van der Waals surface area contributed by atoms with Crippen LogP contribution in [0.4, 0.5) is 4.79 Å². The fourth-order valence-electron chi connectivity index (χ4n) is 6.21. The average Bonchev–Trinajstić information content (AvgIpc) is 3.70. The smallest absolute Gasteiger partial charge is 0.408 e. The lowest BCUT2D eigenvalue weighted by Crippen LogP contribution is -2.41. The highest BCUT2D eigenvalue weighted by Crippen LogP contribution is 2.43. The molecule has 3 amide bonds. The highest BCUT2D eigenvalue weighted by atomic mass is 32.2. The quantitative estimate of drug-likeness (QED) is 0.110. The number of hydrogen-bond donors (Lipinski definition) is 2. The fraction of sp³-hybridized carbons (Fsp3) is 0.282. The molecule has 2 fully saturated rings. The Balaban J connectivity index is 1.01. The van der Waals surface area contributed by atoms with Crippen LogP contribution in [0, 0.1) is 5.92 Å². The SMILES string of the molecule is CC1C(CSc2nc3ccccc3s2)OC(c2ccc(CN3C(=O)CC(NC(=O)OCc4ccccc4)C3=O)cc2)OC1c1ccc(CO)cc1. The van der Waals surface area contributed by atoms with Gasteiger partial charge >= 0.3 is 6.09 Å². The van der Waals surface area contributed by atoms with Crippen LogP contribution in [0.3, 0.4) is 0 Å². The van der Waals surface area contributed by atoms with Gasteiger partial charge in [-0.3, -0.25) is 14.5 Å². The summed E-state index contributed by atoms with van der Waals surface area (Å²) in [6.07, 6.45) is -1.97. The van der Waals surface area contributed by atoms with E-state index in [9.17, 15) is 19.5 Å². The van der Waals surface area contributed by atoms with E-state index in [0.29, 0.717) is 5.75 Å². The van der Waals surface area contributed by atoms with Crippen molar-refractivity contribution in [1.82, 2.24) is 15.2 Å². The monoisotopic (exact) mass is 723 g/mol. The average molecular weight is 724 g/mol. The van der Waals surface area contributed by atoms with Gasteiger partial charge in [0.1, 0.15) is 12.6 Å². The van der Waals surface area contributed by atoms with E-state index in [0.717, 1.165) is 47.3 Å². The van der Waals surface area contributed by atoms with Crippen molar-refractivity contribution in [2.75, 3.05) is 5.75 Å². The number of para-hydroxylation sites is 1. The highest BCUT2D eigenvalue weighted by Gasteiger charge is 2.40. The van der Waals surface area contributed by atoms with Crippen LogP contribution in [-0.2, 0) is 43.6 Å².